The zero-order valence-corrected chi connectivity index (χ0v) is 12.7. The number of aromatic amines is 1. The average molecular weight is 322 g/mol. The maximum Gasteiger partial charge on any atom is 0.257 e. The van der Waals surface area contributed by atoms with Crippen LogP contribution in [-0.2, 0) is 11.8 Å². The second kappa shape index (κ2) is 5.13. The third kappa shape index (κ3) is 2.41. The van der Waals surface area contributed by atoms with Gasteiger partial charge in [-0.25, -0.2) is 0 Å². The van der Waals surface area contributed by atoms with Gasteiger partial charge in [0.1, 0.15) is 5.82 Å². The Bertz CT molecular complexity index is 839. The van der Waals surface area contributed by atoms with E-state index in [1.54, 1.807) is 23.7 Å². The summed E-state index contributed by atoms with van der Waals surface area (Å²) in [5.74, 6) is 0.00886. The van der Waals surface area contributed by atoms with Crippen LogP contribution in [0.3, 0.4) is 0 Å². The molecule has 3 rings (SSSR count). The zero-order valence-electron chi connectivity index (χ0n) is 11.1. The van der Waals surface area contributed by atoms with Gasteiger partial charge in [0.2, 0.25) is 5.91 Å². The second-order valence-corrected chi connectivity index (χ2v) is 5.76. The van der Waals surface area contributed by atoms with E-state index in [0.717, 1.165) is 5.56 Å². The Labute approximate surface area is 130 Å². The lowest BCUT2D eigenvalue weighted by atomic mass is 9.87. The fourth-order valence-corrected chi connectivity index (χ4v) is 2.87. The molecule has 0 spiro atoms. The van der Waals surface area contributed by atoms with Gasteiger partial charge in [0.05, 0.1) is 5.56 Å². The molecule has 1 aromatic heterocycles. The lowest BCUT2D eigenvalue weighted by molar-refractivity contribution is -0.116. The maximum absolute atomic E-state index is 12.3. The van der Waals surface area contributed by atoms with E-state index in [1.165, 1.54) is 0 Å². The van der Waals surface area contributed by atoms with E-state index in [0.29, 0.717) is 16.4 Å². The molecule has 1 aliphatic rings. The van der Waals surface area contributed by atoms with Crippen LogP contribution in [0.4, 0.5) is 5.82 Å². The summed E-state index contributed by atoms with van der Waals surface area (Å²) in [5, 5.41) is 3.34. The van der Waals surface area contributed by atoms with Gasteiger partial charge in [0.25, 0.3) is 5.56 Å². The molecule has 108 valence electrons. The number of benzene rings is 1. The van der Waals surface area contributed by atoms with Gasteiger partial charge in [-0.1, -0.05) is 23.7 Å². The van der Waals surface area contributed by atoms with E-state index in [2.05, 4.69) is 10.3 Å². The van der Waals surface area contributed by atoms with Crippen molar-refractivity contribution in [3.63, 3.8) is 0 Å². The second-order valence-electron chi connectivity index (χ2n) is 4.94. The fraction of sp³-hybridized carbons (Fsp3) is 0.214. The molecule has 2 heterocycles. The highest BCUT2D eigenvalue weighted by atomic mass is 35.5. The minimum Gasteiger partial charge on any atom is -0.312 e. The molecule has 5 nitrogen and oxygen atoms in total. The summed E-state index contributed by atoms with van der Waals surface area (Å²) in [7, 11) is 1.71. The molecule has 21 heavy (non-hydrogen) atoms. The number of rotatable bonds is 1. The number of nitrogens with one attached hydrogen (secondary N) is 2. The largest absolute Gasteiger partial charge is 0.312 e. The number of hydrogen-bond acceptors (Lipinski definition) is 3. The lowest BCUT2D eigenvalue weighted by Crippen LogP contribution is -2.33. The number of carbonyl (C=O) groups is 1. The first-order valence-corrected chi connectivity index (χ1v) is 7.14. The van der Waals surface area contributed by atoms with Gasteiger partial charge in [-0.3, -0.25) is 14.6 Å². The molecule has 2 N–H and O–H groups in total. The summed E-state index contributed by atoms with van der Waals surface area (Å²) in [6.45, 7) is 0. The highest BCUT2D eigenvalue weighted by molar-refractivity contribution is 7.71. The first kappa shape index (κ1) is 14.0. The molecule has 1 amide bonds. The Morgan fingerprint density at radius 2 is 1.95 bits per heavy atom. The maximum atomic E-state index is 12.3. The van der Waals surface area contributed by atoms with Crippen molar-refractivity contribution < 1.29 is 4.79 Å². The number of fused-ring (bicyclic) bond motifs is 1. The van der Waals surface area contributed by atoms with Crippen LogP contribution in [0.2, 0.25) is 5.02 Å². The molecule has 1 atom stereocenters. The van der Waals surface area contributed by atoms with Gasteiger partial charge >= 0.3 is 0 Å². The molecular weight excluding hydrogens is 310 g/mol. The first-order chi connectivity index (χ1) is 9.97. The summed E-state index contributed by atoms with van der Waals surface area (Å²) >= 11 is 11.0. The van der Waals surface area contributed by atoms with E-state index in [-0.39, 0.29) is 28.6 Å². The fourth-order valence-electron chi connectivity index (χ4n) is 2.56. The Kier molecular flexibility index (Phi) is 3.43. The van der Waals surface area contributed by atoms with Crippen molar-refractivity contribution in [1.82, 2.24) is 9.55 Å². The summed E-state index contributed by atoms with van der Waals surface area (Å²) < 4.78 is 1.88. The highest BCUT2D eigenvalue weighted by Crippen LogP contribution is 2.34. The average Bonchev–Trinajstić information content (AvgIpc) is 2.44. The van der Waals surface area contributed by atoms with Crippen molar-refractivity contribution in [1.29, 1.82) is 0 Å². The number of nitrogens with zero attached hydrogens (tertiary/aromatic N) is 1. The van der Waals surface area contributed by atoms with Gasteiger partial charge < -0.3 is 9.88 Å². The van der Waals surface area contributed by atoms with Gasteiger partial charge in [0, 0.05) is 24.4 Å². The Balaban J connectivity index is 2.25. The highest BCUT2D eigenvalue weighted by Gasteiger charge is 2.30. The van der Waals surface area contributed by atoms with Crippen LogP contribution in [0, 0.1) is 4.77 Å². The predicted octanol–water partition coefficient (Wildman–Crippen LogP) is 2.57. The Hall–Kier alpha value is -1.92. The Morgan fingerprint density at radius 1 is 1.29 bits per heavy atom. The van der Waals surface area contributed by atoms with Crippen LogP contribution in [0.25, 0.3) is 0 Å². The molecule has 0 saturated carbocycles. The van der Waals surface area contributed by atoms with Gasteiger partial charge in [-0.15, -0.1) is 0 Å². The smallest absolute Gasteiger partial charge is 0.257 e. The third-order valence-corrected chi connectivity index (χ3v) is 4.26. The topological polar surface area (TPSA) is 66.9 Å². The number of halogens is 1. The Morgan fingerprint density at radius 3 is 2.62 bits per heavy atom. The molecule has 1 unspecified atom stereocenters. The molecule has 0 radical (unpaired) electrons. The van der Waals surface area contributed by atoms with E-state index in [9.17, 15) is 9.59 Å². The minimum atomic E-state index is -0.309. The van der Waals surface area contributed by atoms with Crippen molar-refractivity contribution in [2.45, 2.75) is 12.3 Å². The van der Waals surface area contributed by atoms with Crippen LogP contribution >= 0.6 is 23.8 Å². The molecule has 1 aromatic carbocycles. The van der Waals surface area contributed by atoms with Crippen LogP contribution in [-0.4, -0.2) is 15.5 Å². The van der Waals surface area contributed by atoms with Crippen LogP contribution in [0.5, 0.6) is 0 Å². The van der Waals surface area contributed by atoms with E-state index in [1.807, 2.05) is 12.1 Å². The molecular formula is C14H12ClN3O2S. The van der Waals surface area contributed by atoms with Crippen molar-refractivity contribution in [2.24, 2.45) is 7.05 Å². The first-order valence-electron chi connectivity index (χ1n) is 6.36. The lowest BCUT2D eigenvalue weighted by Gasteiger charge is -2.26. The molecule has 7 heteroatoms. The molecule has 2 aromatic rings. The number of anilines is 1. The normalized spacial score (nSPS) is 17.2. The van der Waals surface area contributed by atoms with E-state index >= 15 is 0 Å². The number of H-pyrrole nitrogens is 1. The number of amides is 1. The van der Waals surface area contributed by atoms with Gasteiger partial charge in [0.15, 0.2) is 4.77 Å². The van der Waals surface area contributed by atoms with Gasteiger partial charge in [-0.2, -0.15) is 0 Å². The zero-order chi connectivity index (χ0) is 15.1. The van der Waals surface area contributed by atoms with Crippen molar-refractivity contribution in [3.8, 4) is 0 Å². The van der Waals surface area contributed by atoms with E-state index < -0.39 is 0 Å². The van der Waals surface area contributed by atoms with Crippen LogP contribution < -0.4 is 10.9 Å². The van der Waals surface area contributed by atoms with Crippen molar-refractivity contribution >= 4 is 35.5 Å². The molecule has 0 saturated heterocycles. The molecule has 1 aliphatic heterocycles. The van der Waals surface area contributed by atoms with Crippen LogP contribution in [0.1, 0.15) is 23.5 Å². The number of carbonyl (C=O) groups excluding carboxylic acids is 1. The van der Waals surface area contributed by atoms with Crippen molar-refractivity contribution in [2.75, 3.05) is 5.32 Å². The number of hydrogen-bond donors (Lipinski definition) is 2. The van der Waals surface area contributed by atoms with Crippen molar-refractivity contribution in [3.05, 3.63) is 55.5 Å². The standard InChI is InChI=1S/C14H12ClN3O2S/c1-18-12-11(13(20)17-14(18)21)9(6-10(19)16-12)7-2-4-8(15)5-3-7/h2-5,9H,6H2,1H3,(H,16,19)(H,17,20,21). The summed E-state index contributed by atoms with van der Waals surface area (Å²) in [6, 6.07) is 7.16. The summed E-state index contributed by atoms with van der Waals surface area (Å²) in [6.07, 6.45) is 0.217. The predicted molar refractivity (Wildman–Crippen MR) is 83.4 cm³/mol. The molecule has 0 aliphatic carbocycles. The molecule has 0 fully saturated rings. The summed E-state index contributed by atoms with van der Waals surface area (Å²) in [5.41, 5.74) is 1.12. The monoisotopic (exact) mass is 321 g/mol. The minimum absolute atomic E-state index is 0.141. The van der Waals surface area contributed by atoms with Crippen LogP contribution in [0.15, 0.2) is 29.1 Å². The SMILES string of the molecule is Cn1c2c(c(=O)[nH]c1=S)C(c1ccc(Cl)cc1)CC(=O)N2. The summed E-state index contributed by atoms with van der Waals surface area (Å²) in [4.78, 5) is 26.9. The third-order valence-electron chi connectivity index (χ3n) is 3.63. The quantitative estimate of drug-likeness (QED) is 0.793. The van der Waals surface area contributed by atoms with E-state index in [4.69, 9.17) is 23.8 Å². The number of aromatic nitrogens is 2. The molecule has 0 bridgehead atoms. The van der Waals surface area contributed by atoms with Gasteiger partial charge in [-0.05, 0) is 29.9 Å².